The van der Waals surface area contributed by atoms with Crippen molar-refractivity contribution >= 4 is 39.9 Å². The first-order chi connectivity index (χ1) is 20.6. The second-order valence-electron chi connectivity index (χ2n) is 11.5. The van der Waals surface area contributed by atoms with Crippen molar-refractivity contribution in [2.45, 2.75) is 33.7 Å². The molecule has 1 aliphatic heterocycles. The van der Waals surface area contributed by atoms with Crippen LogP contribution in [0.25, 0.3) is 16.7 Å². The van der Waals surface area contributed by atoms with Crippen molar-refractivity contribution in [3.63, 3.8) is 0 Å². The summed E-state index contributed by atoms with van der Waals surface area (Å²) in [5.74, 6) is 1.46. The first-order valence-corrected chi connectivity index (χ1v) is 14.0. The molecule has 1 fully saturated rings. The summed E-state index contributed by atoms with van der Waals surface area (Å²) in [5, 5.41) is 7.19. The van der Waals surface area contributed by atoms with Crippen LogP contribution >= 0.6 is 0 Å². The Morgan fingerprint density at radius 1 is 1.12 bits per heavy atom. The maximum Gasteiger partial charge on any atom is 0.246 e. The van der Waals surface area contributed by atoms with Crippen molar-refractivity contribution in [1.29, 1.82) is 0 Å². The average molecular weight is 582 g/mol. The number of pyridine rings is 2. The van der Waals surface area contributed by atoms with Crippen LogP contribution in [0.15, 0.2) is 67.9 Å². The number of hydrogen-bond donors (Lipinski definition) is 1. The third-order valence-corrected chi connectivity index (χ3v) is 7.70. The van der Waals surface area contributed by atoms with Crippen LogP contribution in [-0.2, 0) is 4.79 Å². The standard InChI is InChI=1S/C31H32FN9O2/c1-6-27(42)40-14-13-39(16-24(40)31(3,4)5)25-10-8-22-29(38-25)30(35-17-33-22)37-21-7-9-23(19(2)28(21)32)43-20-11-12-41-26(15-20)34-18-36-41/h6-12,15,17-18,24H,1,13-14,16H2,2-5H3,(H,33,35,37)/t24-/m0/s1. The van der Waals surface area contributed by atoms with E-state index in [-0.39, 0.29) is 23.1 Å². The zero-order chi connectivity index (χ0) is 30.3. The molecule has 0 aliphatic carbocycles. The number of anilines is 3. The Bertz CT molecular complexity index is 1850. The minimum absolute atomic E-state index is 0.0371. The summed E-state index contributed by atoms with van der Waals surface area (Å²) in [4.78, 5) is 34.4. The monoisotopic (exact) mass is 581 g/mol. The van der Waals surface area contributed by atoms with Crippen molar-refractivity contribution in [1.82, 2.24) is 34.4 Å². The van der Waals surface area contributed by atoms with E-state index in [1.54, 1.807) is 41.9 Å². The molecule has 43 heavy (non-hydrogen) atoms. The molecular formula is C31H32FN9O2. The lowest BCUT2D eigenvalue weighted by molar-refractivity contribution is -0.131. The van der Waals surface area contributed by atoms with E-state index in [0.717, 1.165) is 5.82 Å². The molecule has 12 heteroatoms. The van der Waals surface area contributed by atoms with Gasteiger partial charge >= 0.3 is 0 Å². The van der Waals surface area contributed by atoms with Gasteiger partial charge in [0, 0.05) is 37.5 Å². The Hall–Kier alpha value is -5.13. The van der Waals surface area contributed by atoms with Gasteiger partial charge in [0.25, 0.3) is 0 Å². The largest absolute Gasteiger partial charge is 0.457 e. The number of halogens is 1. The van der Waals surface area contributed by atoms with E-state index in [2.05, 4.69) is 57.6 Å². The molecule has 5 heterocycles. The quantitative estimate of drug-likeness (QED) is 0.267. The highest BCUT2D eigenvalue weighted by atomic mass is 19.1. The van der Waals surface area contributed by atoms with Gasteiger partial charge < -0.3 is 19.9 Å². The van der Waals surface area contributed by atoms with Crippen molar-refractivity contribution in [2.75, 3.05) is 29.9 Å². The molecule has 0 radical (unpaired) electrons. The van der Waals surface area contributed by atoms with Gasteiger partial charge in [-0.1, -0.05) is 27.4 Å². The van der Waals surface area contributed by atoms with E-state index in [4.69, 9.17) is 9.72 Å². The fourth-order valence-electron chi connectivity index (χ4n) is 5.30. The van der Waals surface area contributed by atoms with Gasteiger partial charge in [0.05, 0.1) is 17.2 Å². The Labute approximate surface area is 248 Å². The number of amides is 1. The van der Waals surface area contributed by atoms with Crippen molar-refractivity contribution in [3.05, 3.63) is 79.3 Å². The molecule has 0 saturated carbocycles. The number of rotatable bonds is 6. The van der Waals surface area contributed by atoms with Crippen LogP contribution in [0.1, 0.15) is 26.3 Å². The second-order valence-corrected chi connectivity index (χ2v) is 11.5. The van der Waals surface area contributed by atoms with Crippen LogP contribution in [0.3, 0.4) is 0 Å². The highest BCUT2D eigenvalue weighted by Crippen LogP contribution is 2.34. The molecule has 11 nitrogen and oxygen atoms in total. The van der Waals surface area contributed by atoms with E-state index in [1.807, 2.05) is 17.0 Å². The molecule has 0 bridgehead atoms. The molecule has 0 spiro atoms. The molecule has 1 atom stereocenters. The van der Waals surface area contributed by atoms with Crippen LogP contribution in [0.4, 0.5) is 21.7 Å². The molecule has 220 valence electrons. The van der Waals surface area contributed by atoms with Crippen molar-refractivity contribution < 1.29 is 13.9 Å². The van der Waals surface area contributed by atoms with Gasteiger partial charge in [-0.05, 0) is 48.7 Å². The maximum absolute atomic E-state index is 15.6. The zero-order valence-electron chi connectivity index (χ0n) is 24.5. The Morgan fingerprint density at radius 3 is 2.74 bits per heavy atom. The Kier molecular flexibility index (Phi) is 7.12. The predicted molar refractivity (Wildman–Crippen MR) is 162 cm³/mol. The number of piperazine rings is 1. The summed E-state index contributed by atoms with van der Waals surface area (Å²) in [6.45, 7) is 13.5. The minimum Gasteiger partial charge on any atom is -0.457 e. The minimum atomic E-state index is -0.472. The zero-order valence-corrected chi connectivity index (χ0v) is 24.5. The Balaban J connectivity index is 1.26. The van der Waals surface area contributed by atoms with Gasteiger partial charge in [-0.3, -0.25) is 4.79 Å². The van der Waals surface area contributed by atoms with Gasteiger partial charge in [0.2, 0.25) is 5.91 Å². The lowest BCUT2D eigenvalue weighted by Crippen LogP contribution is -2.59. The fourth-order valence-corrected chi connectivity index (χ4v) is 5.30. The summed E-state index contributed by atoms with van der Waals surface area (Å²) >= 11 is 0. The summed E-state index contributed by atoms with van der Waals surface area (Å²) in [7, 11) is 0. The number of carbonyl (C=O) groups is 1. The van der Waals surface area contributed by atoms with Crippen LogP contribution < -0.4 is 15.0 Å². The fraction of sp³-hybridized carbons (Fsp3) is 0.290. The van der Waals surface area contributed by atoms with E-state index in [9.17, 15) is 4.79 Å². The molecule has 1 aliphatic rings. The smallest absolute Gasteiger partial charge is 0.246 e. The van der Waals surface area contributed by atoms with Crippen LogP contribution in [0.5, 0.6) is 11.5 Å². The number of nitrogens with one attached hydrogen (secondary N) is 1. The lowest BCUT2D eigenvalue weighted by atomic mass is 9.84. The van der Waals surface area contributed by atoms with Gasteiger partial charge in [-0.2, -0.15) is 5.10 Å². The molecule has 1 aromatic carbocycles. The number of aromatic nitrogens is 6. The lowest BCUT2D eigenvalue weighted by Gasteiger charge is -2.47. The third kappa shape index (κ3) is 5.43. The molecule has 4 aromatic heterocycles. The Morgan fingerprint density at radius 2 is 1.95 bits per heavy atom. The van der Waals surface area contributed by atoms with Crippen LogP contribution in [0.2, 0.25) is 0 Å². The van der Waals surface area contributed by atoms with E-state index in [1.165, 1.54) is 18.7 Å². The molecular weight excluding hydrogens is 549 g/mol. The number of hydrogen-bond acceptors (Lipinski definition) is 9. The summed E-state index contributed by atoms with van der Waals surface area (Å²) in [6.07, 6.45) is 5.97. The topological polar surface area (TPSA) is 114 Å². The molecule has 1 N–H and O–H groups in total. The summed E-state index contributed by atoms with van der Waals surface area (Å²) < 4.78 is 23.2. The van der Waals surface area contributed by atoms with Crippen LogP contribution in [0, 0.1) is 18.2 Å². The number of fused-ring (bicyclic) bond motifs is 2. The SMILES string of the molecule is C=CC(=O)N1CCN(c2ccc3ncnc(Nc4ccc(Oc5ccn6ncnc6c5)c(C)c4F)c3n2)C[C@H]1C(C)(C)C. The van der Waals surface area contributed by atoms with E-state index >= 15 is 4.39 Å². The molecule has 6 rings (SSSR count). The average Bonchev–Trinajstić information content (AvgIpc) is 3.48. The van der Waals surface area contributed by atoms with Gasteiger partial charge in [-0.15, -0.1) is 0 Å². The molecule has 5 aromatic rings. The number of benzene rings is 1. The highest BCUT2D eigenvalue weighted by Gasteiger charge is 2.37. The number of ether oxygens (including phenoxy) is 1. The maximum atomic E-state index is 15.6. The molecule has 1 saturated heterocycles. The second kappa shape index (κ2) is 10.9. The normalized spacial score (nSPS) is 15.6. The first kappa shape index (κ1) is 28.0. The highest BCUT2D eigenvalue weighted by molar-refractivity contribution is 5.89. The van der Waals surface area contributed by atoms with Crippen molar-refractivity contribution in [2.24, 2.45) is 5.41 Å². The number of nitrogens with zero attached hydrogens (tertiary/aromatic N) is 8. The van der Waals surface area contributed by atoms with Gasteiger partial charge in [-0.25, -0.2) is 28.8 Å². The van der Waals surface area contributed by atoms with Crippen molar-refractivity contribution in [3.8, 4) is 11.5 Å². The molecule has 1 amide bonds. The summed E-state index contributed by atoms with van der Waals surface area (Å²) in [5.41, 5.74) is 2.16. The molecule has 0 unspecified atom stereocenters. The van der Waals surface area contributed by atoms with E-state index < -0.39 is 5.82 Å². The van der Waals surface area contributed by atoms with Gasteiger partial charge in [0.1, 0.15) is 35.5 Å². The van der Waals surface area contributed by atoms with E-state index in [0.29, 0.717) is 59.2 Å². The summed E-state index contributed by atoms with van der Waals surface area (Å²) in [6, 6.07) is 10.5. The van der Waals surface area contributed by atoms with Crippen LogP contribution in [-0.4, -0.2) is 66.0 Å². The first-order valence-electron chi connectivity index (χ1n) is 14.0. The van der Waals surface area contributed by atoms with Gasteiger partial charge in [0.15, 0.2) is 17.3 Å². The predicted octanol–water partition coefficient (Wildman–Crippen LogP) is 5.30. The number of carbonyl (C=O) groups excluding carboxylic acids is 1. The third-order valence-electron chi connectivity index (χ3n) is 7.70.